The van der Waals surface area contributed by atoms with Gasteiger partial charge in [0.05, 0.1) is 12.2 Å². The number of carbonyl (C=O) groups excluding carboxylic acids is 1. The van der Waals surface area contributed by atoms with Crippen LogP contribution >= 0.6 is 0 Å². The Morgan fingerprint density at radius 1 is 1.13 bits per heavy atom. The maximum absolute atomic E-state index is 13.2. The van der Waals surface area contributed by atoms with Crippen LogP contribution < -0.4 is 0 Å². The van der Waals surface area contributed by atoms with Crippen LogP contribution in [0.15, 0.2) is 47.1 Å². The van der Waals surface area contributed by atoms with Gasteiger partial charge in [-0.25, -0.2) is 4.39 Å². The standard InChI is InChI=1S/C19H24FNO2/c1-3-11-21(12-4-2)19(22)14-17(18-6-5-13-23-18)15-7-9-16(20)10-8-15/h5-10,13,17H,3-4,11-12,14H2,1-2H3/t17-/m1/s1. The largest absolute Gasteiger partial charge is 0.469 e. The van der Waals surface area contributed by atoms with Crippen LogP contribution in [0.1, 0.15) is 50.4 Å². The fourth-order valence-corrected chi connectivity index (χ4v) is 2.77. The van der Waals surface area contributed by atoms with E-state index >= 15 is 0 Å². The molecular weight excluding hydrogens is 293 g/mol. The first-order valence-corrected chi connectivity index (χ1v) is 8.22. The third kappa shape index (κ3) is 4.68. The van der Waals surface area contributed by atoms with Gasteiger partial charge in [-0.3, -0.25) is 4.79 Å². The van der Waals surface area contributed by atoms with Crippen molar-refractivity contribution >= 4 is 5.91 Å². The van der Waals surface area contributed by atoms with E-state index in [2.05, 4.69) is 13.8 Å². The van der Waals surface area contributed by atoms with Gasteiger partial charge < -0.3 is 9.32 Å². The summed E-state index contributed by atoms with van der Waals surface area (Å²) in [5, 5.41) is 0. The minimum absolute atomic E-state index is 0.111. The van der Waals surface area contributed by atoms with E-state index in [-0.39, 0.29) is 17.6 Å². The van der Waals surface area contributed by atoms with E-state index in [4.69, 9.17) is 4.42 Å². The molecule has 3 nitrogen and oxygen atoms in total. The molecule has 1 heterocycles. The predicted octanol–water partition coefficient (Wildman–Crippen LogP) is 4.59. The first-order valence-electron chi connectivity index (χ1n) is 8.22. The van der Waals surface area contributed by atoms with Crippen LogP contribution in [0, 0.1) is 5.82 Å². The number of rotatable bonds is 8. The van der Waals surface area contributed by atoms with E-state index in [9.17, 15) is 9.18 Å². The molecule has 1 amide bonds. The van der Waals surface area contributed by atoms with Gasteiger partial charge >= 0.3 is 0 Å². The Kier molecular flexibility index (Phi) is 6.39. The number of halogens is 1. The average Bonchev–Trinajstić information content (AvgIpc) is 3.07. The second kappa shape index (κ2) is 8.51. The summed E-state index contributed by atoms with van der Waals surface area (Å²) in [5.41, 5.74) is 0.891. The second-order valence-electron chi connectivity index (χ2n) is 5.70. The molecule has 0 fully saturated rings. The molecule has 1 aromatic heterocycles. The van der Waals surface area contributed by atoms with Crippen molar-refractivity contribution in [3.8, 4) is 0 Å². The number of nitrogens with zero attached hydrogens (tertiary/aromatic N) is 1. The lowest BCUT2D eigenvalue weighted by molar-refractivity contribution is -0.131. The monoisotopic (exact) mass is 317 g/mol. The summed E-state index contributed by atoms with van der Waals surface area (Å²) in [6.07, 6.45) is 3.81. The predicted molar refractivity (Wildman–Crippen MR) is 88.7 cm³/mol. The number of furan rings is 1. The Morgan fingerprint density at radius 3 is 2.30 bits per heavy atom. The Hall–Kier alpha value is -2.10. The molecule has 0 aliphatic carbocycles. The van der Waals surface area contributed by atoms with Crippen molar-refractivity contribution in [1.82, 2.24) is 4.90 Å². The summed E-state index contributed by atoms with van der Waals surface area (Å²) in [7, 11) is 0. The molecule has 4 heteroatoms. The third-order valence-corrected chi connectivity index (χ3v) is 3.88. The Labute approximate surface area is 137 Å². The van der Waals surface area contributed by atoms with Crippen LogP contribution in [-0.2, 0) is 4.79 Å². The van der Waals surface area contributed by atoms with Gasteiger partial charge in [0.1, 0.15) is 11.6 Å². The Morgan fingerprint density at radius 2 is 1.78 bits per heavy atom. The highest BCUT2D eigenvalue weighted by atomic mass is 19.1. The lowest BCUT2D eigenvalue weighted by Gasteiger charge is -2.24. The summed E-state index contributed by atoms with van der Waals surface area (Å²) in [6.45, 7) is 5.67. The molecule has 0 bridgehead atoms. The van der Waals surface area contributed by atoms with Crippen LogP contribution in [0.5, 0.6) is 0 Å². The molecular formula is C19H24FNO2. The molecule has 0 N–H and O–H groups in total. The van der Waals surface area contributed by atoms with Crippen molar-refractivity contribution in [2.45, 2.75) is 39.0 Å². The van der Waals surface area contributed by atoms with Crippen molar-refractivity contribution in [3.05, 3.63) is 59.8 Å². The SMILES string of the molecule is CCCN(CCC)C(=O)C[C@H](c1ccc(F)cc1)c1ccco1. The fourth-order valence-electron chi connectivity index (χ4n) is 2.77. The van der Waals surface area contributed by atoms with Gasteiger partial charge in [0.2, 0.25) is 5.91 Å². The van der Waals surface area contributed by atoms with Crippen molar-refractivity contribution in [1.29, 1.82) is 0 Å². The lowest BCUT2D eigenvalue weighted by atomic mass is 9.92. The van der Waals surface area contributed by atoms with Gasteiger partial charge in [-0.2, -0.15) is 0 Å². The summed E-state index contributed by atoms with van der Waals surface area (Å²) in [4.78, 5) is 14.6. The smallest absolute Gasteiger partial charge is 0.223 e. The number of hydrogen-bond donors (Lipinski definition) is 0. The first-order chi connectivity index (χ1) is 11.2. The van der Waals surface area contributed by atoms with Crippen molar-refractivity contribution in [3.63, 3.8) is 0 Å². The van der Waals surface area contributed by atoms with Gasteiger partial charge in [-0.1, -0.05) is 26.0 Å². The number of carbonyl (C=O) groups is 1. The van der Waals surface area contributed by atoms with E-state index < -0.39 is 0 Å². The molecule has 2 aromatic rings. The van der Waals surface area contributed by atoms with Crippen molar-refractivity contribution in [2.75, 3.05) is 13.1 Å². The lowest BCUT2D eigenvalue weighted by Crippen LogP contribution is -2.33. The molecule has 0 unspecified atom stereocenters. The van der Waals surface area contributed by atoms with Crippen molar-refractivity contribution < 1.29 is 13.6 Å². The summed E-state index contributed by atoms with van der Waals surface area (Å²) in [5.74, 6) is 0.378. The molecule has 23 heavy (non-hydrogen) atoms. The minimum atomic E-state index is -0.281. The van der Waals surface area contributed by atoms with Crippen LogP contribution in [0.2, 0.25) is 0 Å². The Bertz CT molecular complexity index is 586. The summed E-state index contributed by atoms with van der Waals surface area (Å²) in [6, 6.07) is 9.97. The van der Waals surface area contributed by atoms with E-state index in [1.807, 2.05) is 17.0 Å². The first kappa shape index (κ1) is 17.3. The van der Waals surface area contributed by atoms with Gasteiger partial charge in [-0.15, -0.1) is 0 Å². The molecule has 0 saturated heterocycles. The zero-order valence-electron chi connectivity index (χ0n) is 13.8. The molecule has 0 saturated carbocycles. The molecule has 0 spiro atoms. The highest BCUT2D eigenvalue weighted by Crippen LogP contribution is 2.29. The van der Waals surface area contributed by atoms with Gasteiger partial charge in [-0.05, 0) is 42.7 Å². The quantitative estimate of drug-likeness (QED) is 0.713. The maximum atomic E-state index is 13.2. The summed E-state index contributed by atoms with van der Waals surface area (Å²) < 4.78 is 18.7. The molecule has 2 rings (SSSR count). The molecule has 1 aromatic carbocycles. The zero-order valence-corrected chi connectivity index (χ0v) is 13.8. The zero-order chi connectivity index (χ0) is 16.7. The number of benzene rings is 1. The normalized spacial score (nSPS) is 12.1. The van der Waals surface area contributed by atoms with E-state index in [0.29, 0.717) is 6.42 Å². The minimum Gasteiger partial charge on any atom is -0.469 e. The van der Waals surface area contributed by atoms with Crippen molar-refractivity contribution in [2.24, 2.45) is 0 Å². The molecule has 0 aliphatic rings. The average molecular weight is 317 g/mol. The maximum Gasteiger partial charge on any atom is 0.223 e. The van der Waals surface area contributed by atoms with E-state index in [1.54, 1.807) is 18.4 Å². The molecule has 0 radical (unpaired) electrons. The number of amides is 1. The van der Waals surface area contributed by atoms with Crippen LogP contribution in [0.3, 0.4) is 0 Å². The molecule has 124 valence electrons. The fraction of sp³-hybridized carbons (Fsp3) is 0.421. The van der Waals surface area contributed by atoms with Crippen LogP contribution in [0.4, 0.5) is 4.39 Å². The second-order valence-corrected chi connectivity index (χ2v) is 5.70. The van der Waals surface area contributed by atoms with E-state index in [0.717, 1.165) is 37.3 Å². The Balaban J connectivity index is 2.21. The highest BCUT2D eigenvalue weighted by Gasteiger charge is 2.23. The molecule has 1 atom stereocenters. The van der Waals surface area contributed by atoms with Gasteiger partial charge in [0, 0.05) is 19.5 Å². The van der Waals surface area contributed by atoms with Crippen LogP contribution in [0.25, 0.3) is 0 Å². The van der Waals surface area contributed by atoms with Gasteiger partial charge in [0.15, 0.2) is 0 Å². The summed E-state index contributed by atoms with van der Waals surface area (Å²) >= 11 is 0. The van der Waals surface area contributed by atoms with Gasteiger partial charge in [0.25, 0.3) is 0 Å². The molecule has 0 aliphatic heterocycles. The highest BCUT2D eigenvalue weighted by molar-refractivity contribution is 5.77. The third-order valence-electron chi connectivity index (χ3n) is 3.88. The van der Waals surface area contributed by atoms with E-state index in [1.165, 1.54) is 12.1 Å². The topological polar surface area (TPSA) is 33.5 Å². The van der Waals surface area contributed by atoms with Crippen LogP contribution in [-0.4, -0.2) is 23.9 Å². The number of hydrogen-bond acceptors (Lipinski definition) is 2.